The van der Waals surface area contributed by atoms with Gasteiger partial charge in [-0.1, -0.05) is 30.3 Å². The van der Waals surface area contributed by atoms with E-state index in [0.29, 0.717) is 6.54 Å². The number of urea groups is 1. The van der Waals surface area contributed by atoms with Gasteiger partial charge in [0.15, 0.2) is 6.61 Å². The first kappa shape index (κ1) is 17.9. The zero-order valence-corrected chi connectivity index (χ0v) is 14.5. The van der Waals surface area contributed by atoms with Crippen LogP contribution in [0, 0.1) is 5.92 Å². The molecular formula is C18H21N3O5. The third-order valence-electron chi connectivity index (χ3n) is 4.74. The number of hydrogen-bond acceptors (Lipinski definition) is 5. The molecule has 2 saturated heterocycles. The fourth-order valence-corrected chi connectivity index (χ4v) is 3.21. The van der Waals surface area contributed by atoms with Crippen molar-refractivity contribution in [3.63, 3.8) is 0 Å². The van der Waals surface area contributed by atoms with Gasteiger partial charge in [0.2, 0.25) is 5.91 Å². The molecule has 1 aromatic rings. The number of nitrogens with zero attached hydrogens (tertiary/aromatic N) is 2. The van der Waals surface area contributed by atoms with E-state index in [9.17, 15) is 19.2 Å². The summed E-state index contributed by atoms with van der Waals surface area (Å²) < 4.78 is 5.04. The zero-order valence-electron chi connectivity index (χ0n) is 14.5. The van der Waals surface area contributed by atoms with Gasteiger partial charge in [-0.3, -0.25) is 19.3 Å². The van der Waals surface area contributed by atoms with Crippen molar-refractivity contribution < 1.29 is 23.9 Å². The molecule has 26 heavy (non-hydrogen) atoms. The smallest absolute Gasteiger partial charge is 0.324 e. The minimum Gasteiger partial charge on any atom is -0.455 e. The predicted octanol–water partition coefficient (Wildman–Crippen LogP) is 0.691. The molecule has 0 spiro atoms. The zero-order chi connectivity index (χ0) is 18.7. The molecule has 138 valence electrons. The van der Waals surface area contributed by atoms with Gasteiger partial charge in [-0.25, -0.2) is 4.79 Å². The van der Waals surface area contributed by atoms with Gasteiger partial charge in [0, 0.05) is 26.1 Å². The number of amides is 4. The van der Waals surface area contributed by atoms with E-state index in [4.69, 9.17) is 4.74 Å². The quantitative estimate of drug-likeness (QED) is 0.781. The molecule has 2 aliphatic heterocycles. The molecule has 0 aliphatic carbocycles. The Morgan fingerprint density at radius 2 is 2.00 bits per heavy atom. The Morgan fingerprint density at radius 3 is 2.65 bits per heavy atom. The number of rotatable bonds is 5. The van der Waals surface area contributed by atoms with Crippen LogP contribution in [0.15, 0.2) is 30.3 Å². The molecule has 8 heteroatoms. The van der Waals surface area contributed by atoms with E-state index in [-0.39, 0.29) is 31.5 Å². The SMILES string of the molecule is C[C@H](c1ccccc1)N1C[C@@H](C(=O)OCC(=O)N2CCNC2=O)CC1=O. The Kier molecular flexibility index (Phi) is 5.20. The van der Waals surface area contributed by atoms with E-state index in [1.807, 2.05) is 37.3 Å². The summed E-state index contributed by atoms with van der Waals surface area (Å²) in [6.07, 6.45) is 0.0639. The summed E-state index contributed by atoms with van der Waals surface area (Å²) in [7, 11) is 0. The van der Waals surface area contributed by atoms with Crippen LogP contribution in [0.25, 0.3) is 0 Å². The molecule has 1 aromatic carbocycles. The Balaban J connectivity index is 1.54. The maximum Gasteiger partial charge on any atom is 0.324 e. The fourth-order valence-electron chi connectivity index (χ4n) is 3.21. The van der Waals surface area contributed by atoms with E-state index in [1.54, 1.807) is 4.90 Å². The first-order chi connectivity index (χ1) is 12.5. The number of imide groups is 1. The van der Waals surface area contributed by atoms with Crippen molar-refractivity contribution in [2.45, 2.75) is 19.4 Å². The van der Waals surface area contributed by atoms with Crippen LogP contribution in [0.3, 0.4) is 0 Å². The topological polar surface area (TPSA) is 96.0 Å². The van der Waals surface area contributed by atoms with Crippen molar-refractivity contribution in [2.75, 3.05) is 26.2 Å². The fraction of sp³-hybridized carbons (Fsp3) is 0.444. The standard InChI is InChI=1S/C18H21N3O5/c1-12(13-5-3-2-4-6-13)21-10-14(9-15(21)22)17(24)26-11-16(23)20-8-7-19-18(20)25/h2-6,12,14H,7-11H2,1H3,(H,19,25)/t12-,14+/m1/s1. The summed E-state index contributed by atoms with van der Waals surface area (Å²) in [5.74, 6) is -1.87. The Bertz CT molecular complexity index is 721. The highest BCUT2D eigenvalue weighted by Crippen LogP contribution is 2.28. The molecule has 8 nitrogen and oxygen atoms in total. The lowest BCUT2D eigenvalue weighted by molar-refractivity contribution is -0.154. The lowest BCUT2D eigenvalue weighted by Crippen LogP contribution is -2.38. The van der Waals surface area contributed by atoms with Gasteiger partial charge in [-0.2, -0.15) is 0 Å². The Morgan fingerprint density at radius 1 is 1.27 bits per heavy atom. The number of esters is 1. The number of benzene rings is 1. The van der Waals surface area contributed by atoms with Crippen molar-refractivity contribution in [2.24, 2.45) is 5.92 Å². The van der Waals surface area contributed by atoms with Crippen LogP contribution in [0.2, 0.25) is 0 Å². The summed E-state index contributed by atoms with van der Waals surface area (Å²) >= 11 is 0. The van der Waals surface area contributed by atoms with Gasteiger partial charge >= 0.3 is 12.0 Å². The molecule has 0 radical (unpaired) electrons. The van der Waals surface area contributed by atoms with Crippen molar-refractivity contribution in [3.05, 3.63) is 35.9 Å². The van der Waals surface area contributed by atoms with Crippen molar-refractivity contribution in [1.29, 1.82) is 0 Å². The number of carbonyl (C=O) groups is 4. The van der Waals surface area contributed by atoms with E-state index < -0.39 is 30.4 Å². The minimum absolute atomic E-state index is 0.0639. The lowest BCUT2D eigenvalue weighted by Gasteiger charge is -2.25. The highest BCUT2D eigenvalue weighted by Gasteiger charge is 2.38. The number of ether oxygens (including phenoxy) is 1. The van der Waals surface area contributed by atoms with Crippen molar-refractivity contribution in [3.8, 4) is 0 Å². The monoisotopic (exact) mass is 359 g/mol. The van der Waals surface area contributed by atoms with Gasteiger partial charge in [-0.05, 0) is 12.5 Å². The van der Waals surface area contributed by atoms with Crippen LogP contribution < -0.4 is 5.32 Å². The van der Waals surface area contributed by atoms with Crippen LogP contribution >= 0.6 is 0 Å². The average Bonchev–Trinajstić information content (AvgIpc) is 3.25. The van der Waals surface area contributed by atoms with Crippen LogP contribution in [0.5, 0.6) is 0 Å². The molecule has 4 amide bonds. The second-order valence-corrected chi connectivity index (χ2v) is 6.42. The maximum atomic E-state index is 12.3. The molecule has 2 atom stereocenters. The van der Waals surface area contributed by atoms with Gasteiger partial charge in [0.25, 0.3) is 5.91 Å². The number of likely N-dealkylation sites (tertiary alicyclic amines) is 1. The van der Waals surface area contributed by atoms with E-state index >= 15 is 0 Å². The Hall–Kier alpha value is -2.90. The first-order valence-electron chi connectivity index (χ1n) is 8.56. The summed E-state index contributed by atoms with van der Waals surface area (Å²) in [5, 5.41) is 2.51. The largest absolute Gasteiger partial charge is 0.455 e. The molecule has 2 aliphatic rings. The van der Waals surface area contributed by atoms with Crippen molar-refractivity contribution >= 4 is 23.8 Å². The van der Waals surface area contributed by atoms with Crippen LogP contribution in [-0.4, -0.2) is 59.9 Å². The number of carbonyl (C=O) groups excluding carboxylic acids is 4. The van der Waals surface area contributed by atoms with E-state index in [1.165, 1.54) is 0 Å². The number of hydrogen-bond donors (Lipinski definition) is 1. The van der Waals surface area contributed by atoms with Crippen LogP contribution in [0.1, 0.15) is 24.9 Å². The van der Waals surface area contributed by atoms with E-state index in [0.717, 1.165) is 10.5 Å². The maximum absolute atomic E-state index is 12.3. The predicted molar refractivity (Wildman–Crippen MR) is 90.7 cm³/mol. The molecular weight excluding hydrogens is 338 g/mol. The molecule has 1 N–H and O–H groups in total. The second-order valence-electron chi connectivity index (χ2n) is 6.42. The average molecular weight is 359 g/mol. The summed E-state index contributed by atoms with van der Waals surface area (Å²) in [6.45, 7) is 2.33. The van der Waals surface area contributed by atoms with Gasteiger partial charge in [-0.15, -0.1) is 0 Å². The van der Waals surface area contributed by atoms with E-state index in [2.05, 4.69) is 5.32 Å². The van der Waals surface area contributed by atoms with Crippen molar-refractivity contribution in [1.82, 2.24) is 15.1 Å². The molecule has 0 saturated carbocycles. The second kappa shape index (κ2) is 7.55. The normalized spacial score (nSPS) is 20.9. The highest BCUT2D eigenvalue weighted by atomic mass is 16.5. The third-order valence-corrected chi connectivity index (χ3v) is 4.74. The van der Waals surface area contributed by atoms with Crippen LogP contribution in [-0.2, 0) is 19.1 Å². The summed E-state index contributed by atoms with van der Waals surface area (Å²) in [6, 6.07) is 8.95. The summed E-state index contributed by atoms with van der Waals surface area (Å²) in [5.41, 5.74) is 0.991. The third kappa shape index (κ3) is 3.68. The van der Waals surface area contributed by atoms with Gasteiger partial charge < -0.3 is 15.0 Å². The lowest BCUT2D eigenvalue weighted by atomic mass is 10.1. The Labute approximate surface area is 151 Å². The minimum atomic E-state index is -0.603. The highest BCUT2D eigenvalue weighted by molar-refractivity contribution is 5.97. The molecule has 0 aromatic heterocycles. The molecule has 3 rings (SSSR count). The van der Waals surface area contributed by atoms with Gasteiger partial charge in [0.1, 0.15) is 0 Å². The molecule has 0 unspecified atom stereocenters. The van der Waals surface area contributed by atoms with Gasteiger partial charge in [0.05, 0.1) is 12.0 Å². The first-order valence-corrected chi connectivity index (χ1v) is 8.56. The molecule has 0 bridgehead atoms. The summed E-state index contributed by atoms with van der Waals surface area (Å²) in [4.78, 5) is 50.5. The molecule has 2 fully saturated rings. The number of nitrogens with one attached hydrogen (secondary N) is 1. The molecule has 2 heterocycles. The van der Waals surface area contributed by atoms with Crippen LogP contribution in [0.4, 0.5) is 4.79 Å².